The van der Waals surface area contributed by atoms with Crippen LogP contribution in [0.2, 0.25) is 0 Å². The van der Waals surface area contributed by atoms with Crippen molar-refractivity contribution >= 4 is 0 Å². The Hall–Kier alpha value is -1.06. The van der Waals surface area contributed by atoms with Crippen molar-refractivity contribution in [1.29, 1.82) is 0 Å². The van der Waals surface area contributed by atoms with Gasteiger partial charge in [-0.3, -0.25) is 4.90 Å². The number of likely N-dealkylation sites (tertiary alicyclic amines) is 1. The van der Waals surface area contributed by atoms with Crippen LogP contribution in [-0.2, 0) is 0 Å². The molecule has 0 bridgehead atoms. The Morgan fingerprint density at radius 1 is 1.38 bits per heavy atom. The number of methoxy groups -OCH3 is 1. The smallest absolute Gasteiger partial charge is 0.118 e. The first-order valence-corrected chi connectivity index (χ1v) is 5.69. The van der Waals surface area contributed by atoms with Gasteiger partial charge in [-0.05, 0) is 37.1 Å². The Balaban J connectivity index is 2.11. The molecule has 88 valence electrons. The lowest BCUT2D eigenvalue weighted by atomic mass is 10.0. The molecule has 0 unspecified atom stereocenters. The summed E-state index contributed by atoms with van der Waals surface area (Å²) >= 11 is 0. The lowest BCUT2D eigenvalue weighted by Crippen LogP contribution is -2.18. The number of rotatable bonds is 3. The highest BCUT2D eigenvalue weighted by Crippen LogP contribution is 2.34. The maximum absolute atomic E-state index is 9.18. The molecule has 2 atom stereocenters. The monoisotopic (exact) mass is 221 g/mol. The van der Waals surface area contributed by atoms with Crippen molar-refractivity contribution in [2.45, 2.75) is 12.5 Å². The van der Waals surface area contributed by atoms with Crippen molar-refractivity contribution in [1.82, 2.24) is 4.90 Å². The largest absolute Gasteiger partial charge is 0.497 e. The Morgan fingerprint density at radius 3 is 2.56 bits per heavy atom. The summed E-state index contributed by atoms with van der Waals surface area (Å²) in [5, 5.41) is 9.18. The lowest BCUT2D eigenvalue weighted by Gasteiger charge is -2.19. The average Bonchev–Trinajstić information content (AvgIpc) is 2.71. The van der Waals surface area contributed by atoms with Gasteiger partial charge in [0, 0.05) is 19.2 Å². The molecule has 1 fully saturated rings. The van der Waals surface area contributed by atoms with Crippen LogP contribution in [0, 0.1) is 5.92 Å². The minimum atomic E-state index is 0.289. The first-order valence-electron chi connectivity index (χ1n) is 5.69. The number of benzene rings is 1. The molecule has 1 aliphatic rings. The van der Waals surface area contributed by atoms with Crippen LogP contribution in [0.1, 0.15) is 18.0 Å². The molecule has 0 saturated carbocycles. The first-order chi connectivity index (χ1) is 7.74. The van der Waals surface area contributed by atoms with Gasteiger partial charge < -0.3 is 9.84 Å². The SMILES string of the molecule is COc1ccc([C@@H]2C[C@@H](CO)CN2C)cc1. The quantitative estimate of drug-likeness (QED) is 0.843. The highest BCUT2D eigenvalue weighted by atomic mass is 16.5. The number of ether oxygens (including phenoxy) is 1. The van der Waals surface area contributed by atoms with E-state index >= 15 is 0 Å². The molecule has 1 aromatic rings. The number of aliphatic hydroxyl groups is 1. The van der Waals surface area contributed by atoms with Gasteiger partial charge in [-0.25, -0.2) is 0 Å². The summed E-state index contributed by atoms with van der Waals surface area (Å²) in [4.78, 5) is 2.31. The number of hydrogen-bond donors (Lipinski definition) is 1. The van der Waals surface area contributed by atoms with Gasteiger partial charge in [-0.2, -0.15) is 0 Å². The molecule has 1 N–H and O–H groups in total. The zero-order valence-electron chi connectivity index (χ0n) is 9.89. The van der Waals surface area contributed by atoms with E-state index in [1.807, 2.05) is 12.1 Å². The van der Waals surface area contributed by atoms with E-state index in [9.17, 15) is 5.11 Å². The minimum Gasteiger partial charge on any atom is -0.497 e. The Bertz CT molecular complexity index is 336. The zero-order valence-corrected chi connectivity index (χ0v) is 9.89. The molecule has 3 nitrogen and oxygen atoms in total. The van der Waals surface area contributed by atoms with Crippen molar-refractivity contribution in [2.24, 2.45) is 5.92 Å². The van der Waals surface area contributed by atoms with E-state index in [1.165, 1.54) is 5.56 Å². The first kappa shape index (κ1) is 11.4. The van der Waals surface area contributed by atoms with Crippen LogP contribution >= 0.6 is 0 Å². The third kappa shape index (κ3) is 2.20. The fraction of sp³-hybridized carbons (Fsp3) is 0.538. The predicted molar refractivity (Wildman–Crippen MR) is 63.6 cm³/mol. The fourth-order valence-corrected chi connectivity index (χ4v) is 2.45. The normalized spacial score (nSPS) is 25.9. The van der Waals surface area contributed by atoms with E-state index < -0.39 is 0 Å². The molecular weight excluding hydrogens is 202 g/mol. The maximum Gasteiger partial charge on any atom is 0.118 e. The van der Waals surface area contributed by atoms with E-state index in [0.717, 1.165) is 18.7 Å². The second-order valence-corrected chi connectivity index (χ2v) is 4.51. The van der Waals surface area contributed by atoms with E-state index in [0.29, 0.717) is 12.0 Å². The summed E-state index contributed by atoms with van der Waals surface area (Å²) in [6.45, 7) is 1.27. The van der Waals surface area contributed by atoms with Crippen LogP contribution in [-0.4, -0.2) is 37.3 Å². The summed E-state index contributed by atoms with van der Waals surface area (Å²) in [5.74, 6) is 1.31. The second-order valence-electron chi connectivity index (χ2n) is 4.51. The molecule has 0 aromatic heterocycles. The molecular formula is C13H19NO2. The van der Waals surface area contributed by atoms with Gasteiger partial charge in [0.25, 0.3) is 0 Å². The van der Waals surface area contributed by atoms with Gasteiger partial charge in [-0.15, -0.1) is 0 Å². The standard InChI is InChI=1S/C13H19NO2/c1-14-8-10(9-15)7-13(14)11-3-5-12(16-2)6-4-11/h3-6,10,13,15H,7-9H2,1-2H3/t10-,13+/m1/s1. The van der Waals surface area contributed by atoms with Crippen LogP contribution in [0.15, 0.2) is 24.3 Å². The Labute approximate surface area is 96.6 Å². The molecule has 0 spiro atoms. The second kappa shape index (κ2) is 4.85. The molecule has 2 rings (SSSR count). The molecule has 3 heteroatoms. The third-order valence-corrected chi connectivity index (χ3v) is 3.39. The van der Waals surface area contributed by atoms with Gasteiger partial charge in [0.1, 0.15) is 5.75 Å². The summed E-state index contributed by atoms with van der Waals surface area (Å²) in [6.07, 6.45) is 1.04. The number of hydrogen-bond acceptors (Lipinski definition) is 3. The van der Waals surface area contributed by atoms with E-state index in [2.05, 4.69) is 24.1 Å². The van der Waals surface area contributed by atoms with Crippen molar-refractivity contribution < 1.29 is 9.84 Å². The van der Waals surface area contributed by atoms with E-state index in [4.69, 9.17) is 4.74 Å². The molecule has 1 heterocycles. The predicted octanol–water partition coefficient (Wildman–Crippen LogP) is 1.68. The van der Waals surface area contributed by atoms with Crippen molar-refractivity contribution in [3.8, 4) is 5.75 Å². The van der Waals surface area contributed by atoms with Crippen LogP contribution in [0.5, 0.6) is 5.75 Å². The minimum absolute atomic E-state index is 0.289. The van der Waals surface area contributed by atoms with Gasteiger partial charge >= 0.3 is 0 Å². The number of aliphatic hydroxyl groups excluding tert-OH is 1. The van der Waals surface area contributed by atoms with Crippen molar-refractivity contribution in [3.63, 3.8) is 0 Å². The summed E-state index contributed by atoms with van der Waals surface area (Å²) in [5.41, 5.74) is 1.30. The Kier molecular flexibility index (Phi) is 3.46. The zero-order chi connectivity index (χ0) is 11.5. The highest BCUT2D eigenvalue weighted by molar-refractivity contribution is 5.29. The molecule has 1 aliphatic heterocycles. The van der Waals surface area contributed by atoms with Gasteiger partial charge in [-0.1, -0.05) is 12.1 Å². The summed E-state index contributed by atoms with van der Waals surface area (Å²) in [7, 11) is 3.79. The number of nitrogens with zero attached hydrogens (tertiary/aromatic N) is 1. The van der Waals surface area contributed by atoms with Gasteiger partial charge in [0.15, 0.2) is 0 Å². The van der Waals surface area contributed by atoms with E-state index in [1.54, 1.807) is 7.11 Å². The summed E-state index contributed by atoms with van der Waals surface area (Å²) < 4.78 is 5.15. The molecule has 1 saturated heterocycles. The highest BCUT2D eigenvalue weighted by Gasteiger charge is 2.29. The average molecular weight is 221 g/mol. The van der Waals surface area contributed by atoms with Crippen LogP contribution < -0.4 is 4.74 Å². The van der Waals surface area contributed by atoms with Crippen LogP contribution in [0.25, 0.3) is 0 Å². The van der Waals surface area contributed by atoms with Gasteiger partial charge in [0.05, 0.1) is 7.11 Å². The topological polar surface area (TPSA) is 32.7 Å². The molecule has 16 heavy (non-hydrogen) atoms. The maximum atomic E-state index is 9.18. The lowest BCUT2D eigenvalue weighted by molar-refractivity contribution is 0.227. The van der Waals surface area contributed by atoms with Gasteiger partial charge in [0.2, 0.25) is 0 Å². The molecule has 0 amide bonds. The Morgan fingerprint density at radius 2 is 2.06 bits per heavy atom. The van der Waals surface area contributed by atoms with Crippen molar-refractivity contribution in [3.05, 3.63) is 29.8 Å². The van der Waals surface area contributed by atoms with Crippen molar-refractivity contribution in [2.75, 3.05) is 27.3 Å². The molecule has 0 radical (unpaired) electrons. The fourth-order valence-electron chi connectivity index (χ4n) is 2.45. The summed E-state index contributed by atoms with van der Waals surface area (Å²) in [6, 6.07) is 8.65. The van der Waals surface area contributed by atoms with Crippen LogP contribution in [0.3, 0.4) is 0 Å². The van der Waals surface area contributed by atoms with Crippen LogP contribution in [0.4, 0.5) is 0 Å². The van der Waals surface area contributed by atoms with E-state index in [-0.39, 0.29) is 6.61 Å². The third-order valence-electron chi connectivity index (χ3n) is 3.39. The molecule has 0 aliphatic carbocycles. The molecule has 1 aromatic carbocycles.